The second-order valence-electron chi connectivity index (χ2n) is 5.82. The van der Waals surface area contributed by atoms with Gasteiger partial charge in [-0.15, -0.1) is 0 Å². The zero-order valence-corrected chi connectivity index (χ0v) is 15.1. The Labute approximate surface area is 157 Å². The Morgan fingerprint density at radius 1 is 1.26 bits per heavy atom. The number of nitro groups is 1. The number of nitrogens with zero attached hydrogens (tertiary/aromatic N) is 3. The van der Waals surface area contributed by atoms with Crippen LogP contribution in [0.4, 0.5) is 15.8 Å². The van der Waals surface area contributed by atoms with Gasteiger partial charge >= 0.3 is 0 Å². The molecule has 0 radical (unpaired) electrons. The van der Waals surface area contributed by atoms with E-state index in [0.717, 1.165) is 0 Å². The summed E-state index contributed by atoms with van der Waals surface area (Å²) >= 11 is 5.66. The van der Waals surface area contributed by atoms with E-state index in [1.54, 1.807) is 19.9 Å². The maximum absolute atomic E-state index is 13.6. The number of benzene rings is 2. The zero-order chi connectivity index (χ0) is 19.7. The van der Waals surface area contributed by atoms with Gasteiger partial charge in [0.2, 0.25) is 0 Å². The van der Waals surface area contributed by atoms with Crippen LogP contribution in [-0.4, -0.2) is 20.4 Å². The van der Waals surface area contributed by atoms with Crippen molar-refractivity contribution in [1.82, 2.24) is 9.78 Å². The summed E-state index contributed by atoms with van der Waals surface area (Å²) in [6, 6.07) is 9.70. The van der Waals surface area contributed by atoms with Gasteiger partial charge in [0.05, 0.1) is 32.6 Å². The number of aliphatic imine (C=N–C) groups is 1. The van der Waals surface area contributed by atoms with Gasteiger partial charge in [-0.25, -0.2) is 9.07 Å². The summed E-state index contributed by atoms with van der Waals surface area (Å²) in [5.41, 5.74) is 1.64. The van der Waals surface area contributed by atoms with Gasteiger partial charge in [-0.1, -0.05) is 11.6 Å². The average Bonchev–Trinajstić information content (AvgIpc) is 2.92. The smallest absolute Gasteiger partial charge is 0.280 e. The topological polar surface area (TPSA) is 93.3 Å². The van der Waals surface area contributed by atoms with Crippen LogP contribution >= 0.6 is 11.6 Å². The fraction of sp³-hybridized carbons (Fsp3) is 0.111. The average molecular weight is 389 g/mol. The summed E-state index contributed by atoms with van der Waals surface area (Å²) in [5.74, 6) is -0.597. The van der Waals surface area contributed by atoms with Crippen LogP contribution in [-0.2, 0) is 0 Å². The second kappa shape index (κ2) is 7.16. The quantitative estimate of drug-likeness (QED) is 0.410. The van der Waals surface area contributed by atoms with Gasteiger partial charge in [0.15, 0.2) is 0 Å². The van der Waals surface area contributed by atoms with Crippen molar-refractivity contribution in [2.75, 3.05) is 0 Å². The van der Waals surface area contributed by atoms with E-state index >= 15 is 0 Å². The number of aromatic amines is 1. The maximum atomic E-state index is 13.6. The Hall–Kier alpha value is -3.26. The second-order valence-corrected chi connectivity index (χ2v) is 6.23. The molecular weight excluding hydrogens is 375 g/mol. The van der Waals surface area contributed by atoms with Crippen molar-refractivity contribution >= 4 is 28.7 Å². The van der Waals surface area contributed by atoms with Gasteiger partial charge < -0.3 is 0 Å². The maximum Gasteiger partial charge on any atom is 0.280 e. The molecule has 0 unspecified atom stereocenters. The molecule has 2 aromatic carbocycles. The third-order valence-corrected chi connectivity index (χ3v) is 4.26. The predicted octanol–water partition coefficient (Wildman–Crippen LogP) is 4.32. The van der Waals surface area contributed by atoms with Crippen molar-refractivity contribution in [3.05, 3.63) is 85.0 Å². The number of nitro benzene ring substituents is 1. The van der Waals surface area contributed by atoms with Crippen LogP contribution in [0, 0.1) is 22.9 Å². The first-order valence-electron chi connectivity index (χ1n) is 7.85. The molecule has 0 fully saturated rings. The Morgan fingerprint density at radius 3 is 2.52 bits per heavy atom. The lowest BCUT2D eigenvalue weighted by molar-refractivity contribution is -0.384. The van der Waals surface area contributed by atoms with Crippen molar-refractivity contribution in [2.45, 2.75) is 13.8 Å². The molecule has 138 valence electrons. The highest BCUT2D eigenvalue weighted by atomic mass is 35.5. The lowest BCUT2D eigenvalue weighted by atomic mass is 10.1. The number of halogens is 2. The SMILES string of the molecule is CC(=Nc1ccc(Cl)c(F)c1)c1c(C)[nH]n(-c2ccc([N+](=O)[O-])cc2)c1=O. The molecule has 7 nitrogen and oxygen atoms in total. The highest BCUT2D eigenvalue weighted by molar-refractivity contribution is 6.30. The summed E-state index contributed by atoms with van der Waals surface area (Å²) in [6.45, 7) is 3.35. The summed E-state index contributed by atoms with van der Waals surface area (Å²) in [5, 5.41) is 13.7. The molecule has 0 saturated heterocycles. The van der Waals surface area contributed by atoms with Crippen molar-refractivity contribution in [2.24, 2.45) is 4.99 Å². The molecule has 0 spiro atoms. The first-order chi connectivity index (χ1) is 12.8. The lowest BCUT2D eigenvalue weighted by Crippen LogP contribution is -2.19. The van der Waals surface area contributed by atoms with E-state index in [4.69, 9.17) is 11.6 Å². The van der Waals surface area contributed by atoms with Gasteiger partial charge in [0, 0.05) is 23.9 Å². The predicted molar refractivity (Wildman–Crippen MR) is 101 cm³/mol. The van der Waals surface area contributed by atoms with E-state index < -0.39 is 10.7 Å². The first-order valence-corrected chi connectivity index (χ1v) is 8.23. The number of nitrogens with one attached hydrogen (secondary N) is 1. The number of rotatable bonds is 4. The van der Waals surface area contributed by atoms with Crippen LogP contribution in [0.3, 0.4) is 0 Å². The lowest BCUT2D eigenvalue weighted by Gasteiger charge is -2.01. The van der Waals surface area contributed by atoms with E-state index in [2.05, 4.69) is 10.1 Å². The van der Waals surface area contributed by atoms with Gasteiger partial charge in [0.1, 0.15) is 5.82 Å². The third-order valence-electron chi connectivity index (χ3n) is 3.95. The van der Waals surface area contributed by atoms with E-state index in [1.807, 2.05) is 0 Å². The Bertz CT molecular complexity index is 1120. The molecule has 9 heteroatoms. The van der Waals surface area contributed by atoms with Crippen LogP contribution in [0.25, 0.3) is 5.69 Å². The molecule has 1 heterocycles. The summed E-state index contributed by atoms with van der Waals surface area (Å²) in [7, 11) is 0. The molecule has 3 rings (SSSR count). The molecule has 1 N–H and O–H groups in total. The minimum absolute atomic E-state index is 0.00930. The summed E-state index contributed by atoms with van der Waals surface area (Å²) in [4.78, 5) is 27.3. The number of non-ortho nitro benzene ring substituents is 1. The van der Waals surface area contributed by atoms with Crippen LogP contribution in [0.5, 0.6) is 0 Å². The van der Waals surface area contributed by atoms with Crippen molar-refractivity contribution in [3.8, 4) is 5.69 Å². The van der Waals surface area contributed by atoms with Crippen molar-refractivity contribution < 1.29 is 9.31 Å². The standard InChI is InChI=1S/C18H14ClFN4O3/c1-10(21-12-3-8-15(19)16(20)9-12)17-11(2)22-23(18(17)25)13-4-6-14(7-5-13)24(26)27/h3-9,22H,1-2H3. The Morgan fingerprint density at radius 2 is 1.93 bits per heavy atom. The minimum atomic E-state index is -0.597. The van der Waals surface area contributed by atoms with E-state index in [1.165, 1.54) is 41.1 Å². The van der Waals surface area contributed by atoms with Gasteiger partial charge in [0.25, 0.3) is 11.2 Å². The fourth-order valence-corrected chi connectivity index (χ4v) is 2.80. The van der Waals surface area contributed by atoms with E-state index in [-0.39, 0.29) is 16.3 Å². The molecule has 0 bridgehead atoms. The number of H-pyrrole nitrogens is 1. The largest absolute Gasteiger partial charge is 0.295 e. The summed E-state index contributed by atoms with van der Waals surface area (Å²) < 4.78 is 14.9. The molecule has 27 heavy (non-hydrogen) atoms. The molecule has 1 aromatic heterocycles. The van der Waals surface area contributed by atoms with Gasteiger partial charge in [-0.05, 0) is 38.1 Å². The number of aromatic nitrogens is 2. The van der Waals surface area contributed by atoms with Crippen molar-refractivity contribution in [3.63, 3.8) is 0 Å². The van der Waals surface area contributed by atoms with Crippen molar-refractivity contribution in [1.29, 1.82) is 0 Å². The molecular formula is C18H14ClFN4O3. The molecule has 0 saturated carbocycles. The first kappa shape index (κ1) is 18.5. The number of hydrogen-bond acceptors (Lipinski definition) is 4. The number of aryl methyl sites for hydroxylation is 1. The molecule has 0 aliphatic heterocycles. The van der Waals surface area contributed by atoms with Crippen LogP contribution in [0.2, 0.25) is 5.02 Å². The fourth-order valence-electron chi connectivity index (χ4n) is 2.68. The van der Waals surface area contributed by atoms with Crippen LogP contribution in [0.15, 0.2) is 52.3 Å². The zero-order valence-electron chi connectivity index (χ0n) is 14.4. The molecule has 0 amide bonds. The Kier molecular flexibility index (Phi) is 4.91. The normalized spacial score (nSPS) is 11.6. The molecule has 3 aromatic rings. The molecule has 0 aliphatic rings. The minimum Gasteiger partial charge on any atom is -0.295 e. The highest BCUT2D eigenvalue weighted by Crippen LogP contribution is 2.22. The van der Waals surface area contributed by atoms with Gasteiger partial charge in [-0.2, -0.15) is 0 Å². The van der Waals surface area contributed by atoms with E-state index in [9.17, 15) is 19.3 Å². The van der Waals surface area contributed by atoms with Crippen LogP contribution in [0.1, 0.15) is 18.2 Å². The third kappa shape index (κ3) is 3.65. The highest BCUT2D eigenvalue weighted by Gasteiger charge is 2.16. The van der Waals surface area contributed by atoms with Gasteiger partial charge in [-0.3, -0.25) is 25.0 Å². The summed E-state index contributed by atoms with van der Waals surface area (Å²) in [6.07, 6.45) is 0. The molecule has 0 atom stereocenters. The van der Waals surface area contributed by atoms with E-state index in [0.29, 0.717) is 28.3 Å². The Balaban J connectivity index is 2.02. The monoisotopic (exact) mass is 388 g/mol. The molecule has 0 aliphatic carbocycles. The number of hydrogen-bond donors (Lipinski definition) is 1. The van der Waals surface area contributed by atoms with Crippen LogP contribution < -0.4 is 5.56 Å².